The van der Waals surface area contributed by atoms with E-state index in [1.165, 1.54) is 16.5 Å². The summed E-state index contributed by atoms with van der Waals surface area (Å²) < 4.78 is 3.98. The second-order valence-corrected chi connectivity index (χ2v) is 9.07. The van der Waals surface area contributed by atoms with Gasteiger partial charge in [-0.3, -0.25) is 14.4 Å². The number of aliphatic hydroxyl groups excluding tert-OH is 1. The van der Waals surface area contributed by atoms with Gasteiger partial charge in [-0.1, -0.05) is 48.5 Å². The van der Waals surface area contributed by atoms with Crippen molar-refractivity contribution >= 4 is 16.8 Å². The molecule has 2 aromatic heterocycles. The number of aromatic nitrogens is 3. The van der Waals surface area contributed by atoms with Crippen LogP contribution in [0.2, 0.25) is 0 Å². The lowest BCUT2D eigenvalue weighted by atomic mass is 10.0. The number of amides is 1. The summed E-state index contributed by atoms with van der Waals surface area (Å²) in [4.78, 5) is 15.7. The number of para-hydroxylation sites is 1. The van der Waals surface area contributed by atoms with Crippen molar-refractivity contribution in [2.24, 2.45) is 7.05 Å². The van der Waals surface area contributed by atoms with Gasteiger partial charge in [0, 0.05) is 61.5 Å². The fourth-order valence-electron chi connectivity index (χ4n) is 5.03. The molecule has 1 amide bonds. The van der Waals surface area contributed by atoms with Crippen molar-refractivity contribution in [3.05, 3.63) is 88.9 Å². The van der Waals surface area contributed by atoms with Crippen LogP contribution in [0.3, 0.4) is 0 Å². The quantitative estimate of drug-likeness (QED) is 0.446. The maximum absolute atomic E-state index is 13.3. The summed E-state index contributed by atoms with van der Waals surface area (Å²) in [6.45, 7) is 4.73. The van der Waals surface area contributed by atoms with Crippen LogP contribution in [0.4, 0.5) is 0 Å². The summed E-state index contributed by atoms with van der Waals surface area (Å²) in [6, 6.07) is 18.3. The Labute approximate surface area is 199 Å². The number of rotatable bonds is 7. The number of fused-ring (bicyclic) bond motifs is 2. The van der Waals surface area contributed by atoms with Gasteiger partial charge in [-0.2, -0.15) is 5.10 Å². The molecule has 0 aliphatic carbocycles. The first-order valence-corrected chi connectivity index (χ1v) is 11.9. The summed E-state index contributed by atoms with van der Waals surface area (Å²) in [5, 5.41) is 18.6. The maximum atomic E-state index is 13.3. The van der Waals surface area contributed by atoms with Crippen LogP contribution in [-0.4, -0.2) is 43.4 Å². The first-order valence-electron chi connectivity index (χ1n) is 11.9. The molecule has 7 heteroatoms. The van der Waals surface area contributed by atoms with Gasteiger partial charge in [0.1, 0.15) is 0 Å². The number of nitrogens with zero attached hydrogens (tertiary/aromatic N) is 4. The third kappa shape index (κ3) is 4.24. The van der Waals surface area contributed by atoms with Crippen molar-refractivity contribution in [2.75, 3.05) is 13.2 Å². The largest absolute Gasteiger partial charge is 0.394 e. The molecule has 2 aromatic carbocycles. The van der Waals surface area contributed by atoms with E-state index in [9.17, 15) is 9.90 Å². The fraction of sp³-hybridized carbons (Fsp3) is 0.333. The van der Waals surface area contributed by atoms with Crippen LogP contribution in [0, 0.1) is 0 Å². The predicted molar refractivity (Wildman–Crippen MR) is 132 cm³/mol. The van der Waals surface area contributed by atoms with E-state index in [2.05, 4.69) is 57.4 Å². The van der Waals surface area contributed by atoms with E-state index >= 15 is 0 Å². The number of carbonyl (C=O) groups is 1. The molecule has 3 heterocycles. The van der Waals surface area contributed by atoms with Crippen molar-refractivity contribution in [1.82, 2.24) is 24.6 Å². The van der Waals surface area contributed by atoms with Gasteiger partial charge in [-0.05, 0) is 24.1 Å². The minimum atomic E-state index is -0.170. The third-order valence-electron chi connectivity index (χ3n) is 6.76. The standard InChI is InChI=1S/C27H31N5O2/c1-19(20-8-4-3-5-9-20)28-27(34)26-23-18-31(13-12-25(23)32(29-26)14-15-33)17-21-16-30(2)24-11-7-6-10-22(21)24/h3-11,16,19,33H,12-15,17-18H2,1-2H3,(H,28,34). The van der Waals surface area contributed by atoms with Gasteiger partial charge >= 0.3 is 0 Å². The first-order chi connectivity index (χ1) is 16.5. The van der Waals surface area contributed by atoms with Crippen molar-refractivity contribution < 1.29 is 9.90 Å². The van der Waals surface area contributed by atoms with Crippen molar-refractivity contribution in [3.8, 4) is 0 Å². The third-order valence-corrected chi connectivity index (χ3v) is 6.76. The number of hydrogen-bond donors (Lipinski definition) is 2. The lowest BCUT2D eigenvalue weighted by Crippen LogP contribution is -2.33. The van der Waals surface area contributed by atoms with Crippen molar-refractivity contribution in [1.29, 1.82) is 0 Å². The minimum absolute atomic E-state index is 0.00465. The molecule has 0 fully saturated rings. The van der Waals surface area contributed by atoms with Crippen molar-refractivity contribution in [3.63, 3.8) is 0 Å². The van der Waals surface area contributed by atoms with Gasteiger partial charge < -0.3 is 15.0 Å². The van der Waals surface area contributed by atoms with E-state index in [0.29, 0.717) is 18.8 Å². The van der Waals surface area contributed by atoms with E-state index in [4.69, 9.17) is 0 Å². The monoisotopic (exact) mass is 457 g/mol. The Morgan fingerprint density at radius 3 is 2.71 bits per heavy atom. The highest BCUT2D eigenvalue weighted by atomic mass is 16.3. The van der Waals surface area contributed by atoms with E-state index in [-0.39, 0.29) is 18.6 Å². The molecule has 34 heavy (non-hydrogen) atoms. The Kier molecular flexibility index (Phi) is 6.22. The van der Waals surface area contributed by atoms with Gasteiger partial charge in [-0.25, -0.2) is 0 Å². The van der Waals surface area contributed by atoms with Gasteiger partial charge in [0.2, 0.25) is 0 Å². The second-order valence-electron chi connectivity index (χ2n) is 9.07. The molecule has 1 aliphatic heterocycles. The molecule has 1 unspecified atom stereocenters. The molecule has 176 valence electrons. The smallest absolute Gasteiger partial charge is 0.272 e. The highest BCUT2D eigenvalue weighted by Gasteiger charge is 2.29. The van der Waals surface area contributed by atoms with Crippen LogP contribution in [0.25, 0.3) is 10.9 Å². The van der Waals surface area contributed by atoms with Gasteiger partial charge in [-0.15, -0.1) is 0 Å². The summed E-state index contributed by atoms with van der Waals surface area (Å²) in [6.07, 6.45) is 3.00. The van der Waals surface area contributed by atoms with E-state index in [1.807, 2.05) is 41.9 Å². The summed E-state index contributed by atoms with van der Waals surface area (Å²) in [5.41, 5.74) is 6.05. The number of aryl methyl sites for hydroxylation is 1. The highest BCUT2D eigenvalue weighted by molar-refractivity contribution is 5.94. The van der Waals surface area contributed by atoms with Gasteiger partial charge in [0.25, 0.3) is 5.91 Å². The molecule has 2 N–H and O–H groups in total. The van der Waals surface area contributed by atoms with Crippen molar-refractivity contribution in [2.45, 2.75) is 39.0 Å². The Morgan fingerprint density at radius 2 is 1.91 bits per heavy atom. The number of nitrogens with one attached hydrogen (secondary N) is 1. The Morgan fingerprint density at radius 1 is 1.15 bits per heavy atom. The van der Waals surface area contributed by atoms with Crippen LogP contribution < -0.4 is 5.32 Å². The van der Waals surface area contributed by atoms with Crippen LogP contribution in [0.15, 0.2) is 60.8 Å². The molecule has 1 atom stereocenters. The molecule has 0 saturated heterocycles. The first kappa shape index (κ1) is 22.4. The predicted octanol–water partition coefficient (Wildman–Crippen LogP) is 3.42. The van der Waals surface area contributed by atoms with Crippen LogP contribution in [0.5, 0.6) is 0 Å². The van der Waals surface area contributed by atoms with E-state index in [0.717, 1.165) is 36.3 Å². The molecular formula is C27H31N5O2. The zero-order valence-corrected chi connectivity index (χ0v) is 19.7. The lowest BCUT2D eigenvalue weighted by molar-refractivity contribution is 0.0931. The molecule has 0 radical (unpaired) electrons. The normalized spacial score (nSPS) is 14.8. The molecular weight excluding hydrogens is 426 g/mol. The Balaban J connectivity index is 1.40. The maximum Gasteiger partial charge on any atom is 0.272 e. The molecule has 4 aromatic rings. The Bertz CT molecular complexity index is 1310. The van der Waals surface area contributed by atoms with Gasteiger partial charge in [0.05, 0.1) is 19.2 Å². The fourth-order valence-corrected chi connectivity index (χ4v) is 5.03. The SMILES string of the molecule is CC(NC(=O)c1nn(CCO)c2c1CN(Cc1cn(C)c3ccccc13)CC2)c1ccccc1. The van der Waals surface area contributed by atoms with Gasteiger partial charge in [0.15, 0.2) is 5.69 Å². The van der Waals surface area contributed by atoms with Crippen LogP contribution in [-0.2, 0) is 33.1 Å². The highest BCUT2D eigenvalue weighted by Crippen LogP contribution is 2.27. The number of hydrogen-bond acceptors (Lipinski definition) is 4. The molecule has 0 saturated carbocycles. The number of benzene rings is 2. The molecule has 0 spiro atoms. The average molecular weight is 458 g/mol. The molecule has 5 rings (SSSR count). The summed E-state index contributed by atoms with van der Waals surface area (Å²) in [7, 11) is 2.08. The minimum Gasteiger partial charge on any atom is -0.394 e. The molecule has 1 aliphatic rings. The van der Waals surface area contributed by atoms with E-state index in [1.54, 1.807) is 0 Å². The topological polar surface area (TPSA) is 75.3 Å². The molecule has 0 bridgehead atoms. The zero-order chi connectivity index (χ0) is 23.7. The van der Waals surface area contributed by atoms with Crippen LogP contribution >= 0.6 is 0 Å². The summed E-state index contributed by atoms with van der Waals surface area (Å²) in [5.74, 6) is -0.170. The Hall–Kier alpha value is -3.42. The summed E-state index contributed by atoms with van der Waals surface area (Å²) >= 11 is 0. The lowest BCUT2D eigenvalue weighted by Gasteiger charge is -2.27. The van der Waals surface area contributed by atoms with E-state index < -0.39 is 0 Å². The number of carbonyl (C=O) groups excluding carboxylic acids is 1. The average Bonchev–Trinajstić information content (AvgIpc) is 3.37. The zero-order valence-electron chi connectivity index (χ0n) is 19.7. The van der Waals surface area contributed by atoms with Crippen LogP contribution in [0.1, 0.15) is 45.8 Å². The molecule has 7 nitrogen and oxygen atoms in total. The number of aliphatic hydroxyl groups is 1. The second kappa shape index (κ2) is 9.44.